The predicted octanol–water partition coefficient (Wildman–Crippen LogP) is 3.13. The molecule has 4 nitrogen and oxygen atoms in total. The van der Waals surface area contributed by atoms with Crippen molar-refractivity contribution >= 4 is 27.3 Å². The molecule has 0 saturated heterocycles. The molecule has 1 amide bonds. The van der Waals surface area contributed by atoms with Crippen LogP contribution in [0.3, 0.4) is 0 Å². The van der Waals surface area contributed by atoms with E-state index in [0.29, 0.717) is 12.1 Å². The Morgan fingerprint density at radius 1 is 1.20 bits per heavy atom. The molecular formula is C20H21N3OS. The fraction of sp³-hybridized carbons (Fsp3) is 0.300. The van der Waals surface area contributed by atoms with E-state index in [2.05, 4.69) is 53.6 Å². The zero-order valence-corrected chi connectivity index (χ0v) is 15.3. The fourth-order valence-electron chi connectivity index (χ4n) is 3.69. The van der Waals surface area contributed by atoms with E-state index < -0.39 is 0 Å². The number of benzene rings is 1. The Balaban J connectivity index is 1.55. The quantitative estimate of drug-likeness (QED) is 0.785. The minimum Gasteiger partial charge on any atom is -0.350 e. The summed E-state index contributed by atoms with van der Waals surface area (Å²) in [6.07, 6.45) is 5.39. The van der Waals surface area contributed by atoms with Gasteiger partial charge in [0.05, 0.1) is 10.3 Å². The van der Waals surface area contributed by atoms with Crippen molar-refractivity contribution in [1.29, 1.82) is 0 Å². The third-order valence-corrected chi connectivity index (χ3v) is 6.16. The van der Waals surface area contributed by atoms with Gasteiger partial charge in [0, 0.05) is 29.9 Å². The lowest BCUT2D eigenvalue weighted by Crippen LogP contribution is -2.53. The highest BCUT2D eigenvalue weighted by atomic mass is 32.1. The number of amides is 1. The number of likely N-dealkylation sites (N-methyl/N-ethyl adjacent to an activating group) is 1. The van der Waals surface area contributed by atoms with Crippen LogP contribution in [0.15, 0.2) is 48.1 Å². The highest BCUT2D eigenvalue weighted by Crippen LogP contribution is 2.33. The minimum absolute atomic E-state index is 0.0475. The van der Waals surface area contributed by atoms with E-state index >= 15 is 0 Å². The maximum Gasteiger partial charge on any atom is 0.253 e. The van der Waals surface area contributed by atoms with Crippen LogP contribution in [0.5, 0.6) is 0 Å². The van der Waals surface area contributed by atoms with Gasteiger partial charge in [-0.3, -0.25) is 9.78 Å². The van der Waals surface area contributed by atoms with E-state index in [0.717, 1.165) is 22.9 Å². The zero-order chi connectivity index (χ0) is 17.4. The Morgan fingerprint density at radius 3 is 2.60 bits per heavy atom. The number of carbonyl (C=O) groups is 1. The fourth-order valence-corrected chi connectivity index (χ4v) is 4.46. The molecule has 0 unspecified atom stereocenters. The van der Waals surface area contributed by atoms with Crippen molar-refractivity contribution in [2.24, 2.45) is 0 Å². The maximum absolute atomic E-state index is 12.8. The average Bonchev–Trinajstić information content (AvgIpc) is 3.23. The molecule has 1 N–H and O–H groups in total. The van der Waals surface area contributed by atoms with Crippen molar-refractivity contribution in [2.75, 3.05) is 20.6 Å². The summed E-state index contributed by atoms with van der Waals surface area (Å²) < 4.78 is 1.04. The van der Waals surface area contributed by atoms with Gasteiger partial charge in [0.1, 0.15) is 0 Å². The molecule has 25 heavy (non-hydrogen) atoms. The molecule has 3 aromatic rings. The number of aromatic nitrogens is 1. The van der Waals surface area contributed by atoms with E-state index in [1.54, 1.807) is 17.5 Å². The van der Waals surface area contributed by atoms with E-state index in [4.69, 9.17) is 0 Å². The molecule has 0 atom stereocenters. The average molecular weight is 351 g/mol. The van der Waals surface area contributed by atoms with Gasteiger partial charge in [-0.1, -0.05) is 24.3 Å². The van der Waals surface area contributed by atoms with Crippen LogP contribution in [0, 0.1) is 0 Å². The molecule has 0 spiro atoms. The molecule has 0 radical (unpaired) electrons. The predicted molar refractivity (Wildman–Crippen MR) is 102 cm³/mol. The molecule has 1 aliphatic carbocycles. The van der Waals surface area contributed by atoms with Gasteiger partial charge in [0.25, 0.3) is 5.91 Å². The molecular weight excluding hydrogens is 330 g/mol. The molecule has 0 fully saturated rings. The van der Waals surface area contributed by atoms with Crippen LogP contribution in [0.4, 0.5) is 0 Å². The normalized spacial score (nSPS) is 15.5. The Morgan fingerprint density at radius 2 is 1.92 bits per heavy atom. The highest BCUT2D eigenvalue weighted by Gasteiger charge is 2.39. The summed E-state index contributed by atoms with van der Waals surface area (Å²) in [6.45, 7) is 0.619. The Labute approximate surface area is 151 Å². The van der Waals surface area contributed by atoms with Crippen LogP contribution in [-0.4, -0.2) is 42.0 Å². The molecule has 4 rings (SSSR count). The number of pyridine rings is 1. The van der Waals surface area contributed by atoms with Crippen molar-refractivity contribution in [3.63, 3.8) is 0 Å². The molecule has 0 bridgehead atoms. The number of thiophene rings is 1. The second-order valence-corrected chi connectivity index (χ2v) is 7.89. The van der Waals surface area contributed by atoms with Crippen molar-refractivity contribution in [3.8, 4) is 0 Å². The Bertz CT molecular complexity index is 906. The number of fused-ring (bicyclic) bond motifs is 2. The summed E-state index contributed by atoms with van der Waals surface area (Å²) in [5, 5.41) is 6.14. The lowest BCUT2D eigenvalue weighted by Gasteiger charge is -2.36. The summed E-state index contributed by atoms with van der Waals surface area (Å²) in [4.78, 5) is 19.2. The molecule has 0 aliphatic heterocycles. The SMILES string of the molecule is CN(C)C1(CNC(=O)c2cncc3sccc23)Cc2ccccc2C1. The van der Waals surface area contributed by atoms with Gasteiger partial charge >= 0.3 is 0 Å². The monoisotopic (exact) mass is 351 g/mol. The minimum atomic E-state index is -0.0741. The second kappa shape index (κ2) is 6.24. The summed E-state index contributed by atoms with van der Waals surface area (Å²) in [6, 6.07) is 10.6. The number of nitrogens with zero attached hydrogens (tertiary/aromatic N) is 2. The van der Waals surface area contributed by atoms with E-state index in [1.807, 2.05) is 17.6 Å². The highest BCUT2D eigenvalue weighted by molar-refractivity contribution is 7.17. The summed E-state index contributed by atoms with van der Waals surface area (Å²) in [5.41, 5.74) is 3.34. The Hall–Kier alpha value is -2.24. The van der Waals surface area contributed by atoms with Gasteiger partial charge < -0.3 is 10.2 Å². The summed E-state index contributed by atoms with van der Waals surface area (Å²) >= 11 is 1.61. The second-order valence-electron chi connectivity index (χ2n) is 6.94. The van der Waals surface area contributed by atoms with Crippen molar-refractivity contribution < 1.29 is 4.79 Å². The Kier molecular flexibility index (Phi) is 4.06. The van der Waals surface area contributed by atoms with Gasteiger partial charge in [-0.05, 0) is 49.5 Å². The molecule has 1 aromatic carbocycles. The lowest BCUT2D eigenvalue weighted by atomic mass is 9.94. The molecule has 2 heterocycles. The van der Waals surface area contributed by atoms with E-state index in [9.17, 15) is 4.79 Å². The topological polar surface area (TPSA) is 45.2 Å². The van der Waals surface area contributed by atoms with E-state index in [1.165, 1.54) is 11.1 Å². The van der Waals surface area contributed by atoms with Crippen molar-refractivity contribution in [1.82, 2.24) is 15.2 Å². The van der Waals surface area contributed by atoms with Crippen LogP contribution < -0.4 is 5.32 Å². The largest absolute Gasteiger partial charge is 0.350 e. The van der Waals surface area contributed by atoms with Crippen LogP contribution in [-0.2, 0) is 12.8 Å². The first-order valence-corrected chi connectivity index (χ1v) is 9.31. The van der Waals surface area contributed by atoms with Crippen LogP contribution in [0.2, 0.25) is 0 Å². The number of carbonyl (C=O) groups excluding carboxylic acids is 1. The zero-order valence-electron chi connectivity index (χ0n) is 14.5. The van der Waals surface area contributed by atoms with Crippen molar-refractivity contribution in [2.45, 2.75) is 18.4 Å². The third-order valence-electron chi connectivity index (χ3n) is 5.31. The number of rotatable bonds is 4. The van der Waals surface area contributed by atoms with Crippen LogP contribution in [0.25, 0.3) is 10.1 Å². The smallest absolute Gasteiger partial charge is 0.253 e. The number of hydrogen-bond donors (Lipinski definition) is 1. The molecule has 2 aromatic heterocycles. The van der Waals surface area contributed by atoms with Crippen molar-refractivity contribution in [3.05, 3.63) is 64.8 Å². The maximum atomic E-state index is 12.8. The van der Waals surface area contributed by atoms with Gasteiger partial charge in [0.2, 0.25) is 0 Å². The summed E-state index contributed by atoms with van der Waals surface area (Å²) in [7, 11) is 4.19. The number of nitrogens with one attached hydrogen (secondary N) is 1. The first-order valence-electron chi connectivity index (χ1n) is 8.43. The first-order chi connectivity index (χ1) is 12.1. The summed E-state index contributed by atoms with van der Waals surface area (Å²) in [5.74, 6) is -0.0475. The van der Waals surface area contributed by atoms with Crippen LogP contribution in [0.1, 0.15) is 21.5 Å². The van der Waals surface area contributed by atoms with Gasteiger partial charge in [0.15, 0.2) is 0 Å². The van der Waals surface area contributed by atoms with Gasteiger partial charge in [-0.15, -0.1) is 11.3 Å². The lowest BCUT2D eigenvalue weighted by molar-refractivity contribution is 0.0904. The molecule has 0 saturated carbocycles. The number of hydrogen-bond acceptors (Lipinski definition) is 4. The molecule has 5 heteroatoms. The third kappa shape index (κ3) is 2.83. The van der Waals surface area contributed by atoms with Crippen LogP contribution >= 0.6 is 11.3 Å². The standard InChI is InChI=1S/C20H21N3OS/c1-23(2)20(9-14-5-3-4-6-15(14)10-20)13-22-19(24)17-11-21-12-18-16(17)7-8-25-18/h3-8,11-12H,9-10,13H2,1-2H3,(H,22,24). The first kappa shape index (κ1) is 16.2. The van der Waals surface area contributed by atoms with Gasteiger partial charge in [-0.25, -0.2) is 0 Å². The molecule has 1 aliphatic rings. The molecule has 128 valence electrons. The van der Waals surface area contributed by atoms with Gasteiger partial charge in [-0.2, -0.15) is 0 Å². The van der Waals surface area contributed by atoms with E-state index in [-0.39, 0.29) is 11.4 Å².